The molecule has 1 fully saturated rings. The van der Waals surface area contributed by atoms with Gasteiger partial charge in [-0.3, -0.25) is 4.79 Å². The molecule has 1 saturated carbocycles. The molecule has 0 aliphatic heterocycles. The number of amides is 1. The van der Waals surface area contributed by atoms with Crippen LogP contribution >= 0.6 is 0 Å². The molecule has 0 spiro atoms. The molecule has 4 heteroatoms. The van der Waals surface area contributed by atoms with E-state index in [0.29, 0.717) is 12.3 Å². The highest BCUT2D eigenvalue weighted by Gasteiger charge is 2.16. The van der Waals surface area contributed by atoms with E-state index in [9.17, 15) is 9.59 Å². The first-order valence-electron chi connectivity index (χ1n) is 7.44. The summed E-state index contributed by atoms with van der Waals surface area (Å²) in [5.74, 6) is -0.382. The van der Waals surface area contributed by atoms with E-state index in [1.165, 1.54) is 25.3 Å². The first-order valence-corrected chi connectivity index (χ1v) is 7.44. The number of hydrogen-bond donors (Lipinski definition) is 2. The predicted molar refractivity (Wildman–Crippen MR) is 82.9 cm³/mol. The summed E-state index contributed by atoms with van der Waals surface area (Å²) < 4.78 is 0. The molecule has 2 N–H and O–H groups in total. The van der Waals surface area contributed by atoms with E-state index in [2.05, 4.69) is 5.32 Å². The SMILES string of the molecule is O=C(O)/C=C/c1ccc(NC(=O)CC2CCCCC2)cc1. The molecule has 2 rings (SSSR count). The lowest BCUT2D eigenvalue weighted by atomic mass is 9.87. The van der Waals surface area contributed by atoms with Gasteiger partial charge in [-0.05, 0) is 42.5 Å². The second-order valence-electron chi connectivity index (χ2n) is 5.55. The van der Waals surface area contributed by atoms with Crippen LogP contribution in [0.15, 0.2) is 30.3 Å². The molecule has 1 aromatic carbocycles. The van der Waals surface area contributed by atoms with Gasteiger partial charge in [0.25, 0.3) is 0 Å². The van der Waals surface area contributed by atoms with Crippen molar-refractivity contribution >= 4 is 23.6 Å². The molecule has 0 heterocycles. The van der Waals surface area contributed by atoms with E-state index >= 15 is 0 Å². The number of nitrogens with one attached hydrogen (secondary N) is 1. The zero-order chi connectivity index (χ0) is 15.1. The lowest BCUT2D eigenvalue weighted by Crippen LogP contribution is -2.18. The highest BCUT2D eigenvalue weighted by molar-refractivity contribution is 5.91. The lowest BCUT2D eigenvalue weighted by molar-refractivity contribution is -0.131. The van der Waals surface area contributed by atoms with E-state index < -0.39 is 5.97 Å². The number of carbonyl (C=O) groups excluding carboxylic acids is 1. The Labute approximate surface area is 124 Å². The summed E-state index contributed by atoms with van der Waals surface area (Å²) >= 11 is 0. The first-order chi connectivity index (χ1) is 10.1. The minimum absolute atomic E-state index is 0.0655. The molecule has 1 aliphatic carbocycles. The first kappa shape index (κ1) is 15.3. The number of carboxylic acids is 1. The van der Waals surface area contributed by atoms with E-state index in [1.54, 1.807) is 24.3 Å². The van der Waals surface area contributed by atoms with Crippen molar-refractivity contribution in [1.29, 1.82) is 0 Å². The van der Waals surface area contributed by atoms with Crippen LogP contribution < -0.4 is 5.32 Å². The summed E-state index contributed by atoms with van der Waals surface area (Å²) in [7, 11) is 0. The highest BCUT2D eigenvalue weighted by atomic mass is 16.4. The van der Waals surface area contributed by atoms with Gasteiger partial charge in [0.15, 0.2) is 0 Å². The fourth-order valence-corrected chi connectivity index (χ4v) is 2.71. The van der Waals surface area contributed by atoms with Gasteiger partial charge in [0.2, 0.25) is 5.91 Å². The fraction of sp³-hybridized carbons (Fsp3) is 0.412. The maximum Gasteiger partial charge on any atom is 0.328 e. The summed E-state index contributed by atoms with van der Waals surface area (Å²) in [4.78, 5) is 22.4. The van der Waals surface area contributed by atoms with Gasteiger partial charge in [-0.2, -0.15) is 0 Å². The van der Waals surface area contributed by atoms with Crippen LogP contribution in [-0.2, 0) is 9.59 Å². The molecule has 1 aliphatic rings. The number of anilines is 1. The Morgan fingerprint density at radius 2 is 1.81 bits per heavy atom. The average Bonchev–Trinajstić information content (AvgIpc) is 2.47. The Bertz CT molecular complexity index is 513. The predicted octanol–water partition coefficient (Wildman–Crippen LogP) is 3.69. The average molecular weight is 287 g/mol. The van der Waals surface area contributed by atoms with Gasteiger partial charge in [0.05, 0.1) is 0 Å². The maximum absolute atomic E-state index is 12.0. The number of carbonyl (C=O) groups is 2. The van der Waals surface area contributed by atoms with Crippen molar-refractivity contribution in [2.75, 3.05) is 5.32 Å². The quantitative estimate of drug-likeness (QED) is 0.812. The Kier molecular flexibility index (Phi) is 5.55. The van der Waals surface area contributed by atoms with Crippen molar-refractivity contribution in [3.8, 4) is 0 Å². The Balaban J connectivity index is 1.84. The third-order valence-electron chi connectivity index (χ3n) is 3.81. The van der Waals surface area contributed by atoms with Gasteiger partial charge >= 0.3 is 5.97 Å². The lowest BCUT2D eigenvalue weighted by Gasteiger charge is -2.20. The summed E-state index contributed by atoms with van der Waals surface area (Å²) in [5, 5.41) is 11.5. The zero-order valence-corrected chi connectivity index (χ0v) is 12.0. The third kappa shape index (κ3) is 5.42. The number of rotatable bonds is 5. The highest BCUT2D eigenvalue weighted by Crippen LogP contribution is 2.26. The molecular formula is C17H21NO3. The molecule has 0 unspecified atom stereocenters. The number of hydrogen-bond acceptors (Lipinski definition) is 2. The van der Waals surface area contributed by atoms with Crippen molar-refractivity contribution in [3.05, 3.63) is 35.9 Å². The molecule has 0 saturated heterocycles. The third-order valence-corrected chi connectivity index (χ3v) is 3.81. The van der Waals surface area contributed by atoms with Crippen molar-refractivity contribution in [2.45, 2.75) is 38.5 Å². The summed E-state index contributed by atoms with van der Waals surface area (Å²) in [6.07, 6.45) is 9.31. The molecule has 1 amide bonds. The molecule has 1 aromatic rings. The number of benzene rings is 1. The molecule has 4 nitrogen and oxygen atoms in total. The van der Waals surface area contributed by atoms with Crippen LogP contribution in [0.25, 0.3) is 6.08 Å². The van der Waals surface area contributed by atoms with E-state index in [0.717, 1.165) is 30.2 Å². The van der Waals surface area contributed by atoms with E-state index in [4.69, 9.17) is 5.11 Å². The van der Waals surface area contributed by atoms with Gasteiger partial charge in [0.1, 0.15) is 0 Å². The second kappa shape index (κ2) is 7.62. The van der Waals surface area contributed by atoms with Gasteiger partial charge < -0.3 is 10.4 Å². The molecule has 0 aromatic heterocycles. The van der Waals surface area contributed by atoms with Crippen molar-refractivity contribution in [2.24, 2.45) is 5.92 Å². The van der Waals surface area contributed by atoms with Gasteiger partial charge in [-0.1, -0.05) is 31.4 Å². The Morgan fingerprint density at radius 3 is 2.43 bits per heavy atom. The largest absolute Gasteiger partial charge is 0.478 e. The topological polar surface area (TPSA) is 66.4 Å². The minimum Gasteiger partial charge on any atom is -0.478 e. The number of aliphatic carboxylic acids is 1. The van der Waals surface area contributed by atoms with E-state index in [-0.39, 0.29) is 5.91 Å². The van der Waals surface area contributed by atoms with Gasteiger partial charge in [-0.15, -0.1) is 0 Å². The van der Waals surface area contributed by atoms with Gasteiger partial charge in [-0.25, -0.2) is 4.79 Å². The van der Waals surface area contributed by atoms with E-state index in [1.807, 2.05) is 0 Å². The van der Waals surface area contributed by atoms with Gasteiger partial charge in [0, 0.05) is 18.2 Å². The standard InChI is InChI=1S/C17H21NO3/c19-16(12-14-4-2-1-3-5-14)18-15-9-6-13(7-10-15)8-11-17(20)21/h6-11,14H,1-5,12H2,(H,18,19)(H,20,21)/b11-8+. The van der Waals surface area contributed by atoms with Crippen LogP contribution in [0.2, 0.25) is 0 Å². The fourth-order valence-electron chi connectivity index (χ4n) is 2.71. The van der Waals surface area contributed by atoms with Crippen LogP contribution in [0.4, 0.5) is 5.69 Å². The summed E-state index contributed by atoms with van der Waals surface area (Å²) in [6, 6.07) is 7.16. The molecule has 0 bridgehead atoms. The summed E-state index contributed by atoms with van der Waals surface area (Å²) in [5.41, 5.74) is 1.55. The van der Waals surface area contributed by atoms with Crippen LogP contribution in [0.3, 0.4) is 0 Å². The molecular weight excluding hydrogens is 266 g/mol. The Morgan fingerprint density at radius 1 is 1.14 bits per heavy atom. The zero-order valence-electron chi connectivity index (χ0n) is 12.0. The summed E-state index contributed by atoms with van der Waals surface area (Å²) in [6.45, 7) is 0. The second-order valence-corrected chi connectivity index (χ2v) is 5.55. The minimum atomic E-state index is -0.972. The molecule has 112 valence electrons. The normalized spacial score (nSPS) is 16.0. The maximum atomic E-state index is 12.0. The molecule has 0 radical (unpaired) electrons. The molecule has 0 atom stereocenters. The van der Waals surface area contributed by atoms with Crippen LogP contribution in [0.1, 0.15) is 44.1 Å². The van der Waals surface area contributed by atoms with Crippen molar-refractivity contribution < 1.29 is 14.7 Å². The number of carboxylic acid groups (broad SMARTS) is 1. The monoisotopic (exact) mass is 287 g/mol. The van der Waals surface area contributed by atoms with Crippen LogP contribution in [0.5, 0.6) is 0 Å². The van der Waals surface area contributed by atoms with Crippen LogP contribution in [0, 0.1) is 5.92 Å². The molecule has 21 heavy (non-hydrogen) atoms. The van der Waals surface area contributed by atoms with Crippen LogP contribution in [-0.4, -0.2) is 17.0 Å². The Hall–Kier alpha value is -2.10. The smallest absolute Gasteiger partial charge is 0.328 e. The van der Waals surface area contributed by atoms with Crippen molar-refractivity contribution in [3.63, 3.8) is 0 Å². The van der Waals surface area contributed by atoms with Crippen molar-refractivity contribution in [1.82, 2.24) is 0 Å².